The maximum Gasteiger partial charge on any atom is 0.0295 e. The fraction of sp³-hybridized carbons (Fsp3) is 0.294. The molecule has 0 saturated heterocycles. The van der Waals surface area contributed by atoms with Crippen LogP contribution in [0.25, 0.3) is 0 Å². The van der Waals surface area contributed by atoms with Crippen molar-refractivity contribution in [1.82, 2.24) is 0 Å². The Balaban J connectivity index is 2.26. The number of aryl methyl sites for hydroxylation is 2. The van der Waals surface area contributed by atoms with Crippen LogP contribution < -0.4 is 0 Å². The van der Waals surface area contributed by atoms with E-state index in [9.17, 15) is 0 Å². The molecule has 0 bridgehead atoms. The van der Waals surface area contributed by atoms with Crippen LogP contribution in [-0.2, 0) is 6.42 Å². The Morgan fingerprint density at radius 2 is 1.89 bits per heavy atom. The van der Waals surface area contributed by atoms with Crippen molar-refractivity contribution in [3.05, 3.63) is 69.2 Å². The zero-order valence-electron chi connectivity index (χ0n) is 11.3. The zero-order chi connectivity index (χ0) is 13.8. The normalized spacial score (nSPS) is 12.4. The fourth-order valence-electron chi connectivity index (χ4n) is 2.31. The van der Waals surface area contributed by atoms with E-state index in [1.807, 2.05) is 6.07 Å². The van der Waals surface area contributed by atoms with E-state index < -0.39 is 0 Å². The first kappa shape index (κ1) is 14.6. The molecule has 0 radical (unpaired) electrons. The van der Waals surface area contributed by atoms with Crippen LogP contribution in [0.1, 0.15) is 28.2 Å². The maximum absolute atomic E-state index is 6.18. The molecule has 1 atom stereocenters. The first-order chi connectivity index (χ1) is 9.10. The van der Waals surface area contributed by atoms with Crippen LogP contribution in [0.3, 0.4) is 0 Å². The molecule has 2 rings (SSSR count). The van der Waals surface area contributed by atoms with Crippen LogP contribution in [0.2, 0.25) is 0 Å². The first-order valence-electron chi connectivity index (χ1n) is 6.47. The van der Waals surface area contributed by atoms with Crippen LogP contribution in [0.15, 0.2) is 46.9 Å². The average molecular weight is 338 g/mol. The number of hydrogen-bond acceptors (Lipinski definition) is 0. The van der Waals surface area contributed by atoms with Gasteiger partial charge in [0.2, 0.25) is 0 Å². The Morgan fingerprint density at radius 1 is 1.11 bits per heavy atom. The molecule has 0 aliphatic rings. The van der Waals surface area contributed by atoms with E-state index in [4.69, 9.17) is 11.6 Å². The fourth-order valence-corrected chi connectivity index (χ4v) is 3.01. The van der Waals surface area contributed by atoms with Crippen LogP contribution >= 0.6 is 27.5 Å². The van der Waals surface area contributed by atoms with Crippen molar-refractivity contribution in [3.8, 4) is 0 Å². The molecule has 0 amide bonds. The summed E-state index contributed by atoms with van der Waals surface area (Å²) < 4.78 is 1.11. The molecular weight excluding hydrogens is 320 g/mol. The molecule has 1 unspecified atom stereocenters. The minimum atomic E-state index is 0.361. The second-order valence-electron chi connectivity index (χ2n) is 5.04. The number of rotatable bonds is 4. The molecule has 100 valence electrons. The molecule has 0 heterocycles. The third-order valence-electron chi connectivity index (χ3n) is 3.48. The molecule has 0 fully saturated rings. The first-order valence-corrected chi connectivity index (χ1v) is 7.80. The lowest BCUT2D eigenvalue weighted by molar-refractivity contribution is 0.761. The van der Waals surface area contributed by atoms with E-state index in [0.717, 1.165) is 10.9 Å². The van der Waals surface area contributed by atoms with Crippen LogP contribution in [-0.4, -0.2) is 5.88 Å². The van der Waals surface area contributed by atoms with E-state index in [-0.39, 0.29) is 0 Å². The van der Waals surface area contributed by atoms with Crippen molar-refractivity contribution in [2.75, 3.05) is 5.88 Å². The Bertz CT molecular complexity index is 563. The summed E-state index contributed by atoms with van der Waals surface area (Å²) in [6.45, 7) is 4.30. The lowest BCUT2D eigenvalue weighted by Crippen LogP contribution is -2.06. The molecule has 2 aromatic carbocycles. The SMILES string of the molecule is Cc1ccc(C)c(CC(CCl)c2cccc(Br)c2)c1. The van der Waals surface area contributed by atoms with Crippen LogP contribution in [0.4, 0.5) is 0 Å². The Hall–Kier alpha value is -0.790. The van der Waals surface area contributed by atoms with Gasteiger partial charge in [0.05, 0.1) is 0 Å². The van der Waals surface area contributed by atoms with Gasteiger partial charge in [-0.3, -0.25) is 0 Å². The molecule has 19 heavy (non-hydrogen) atoms. The smallest absolute Gasteiger partial charge is 0.0295 e. The van der Waals surface area contributed by atoms with Crippen molar-refractivity contribution < 1.29 is 0 Å². The van der Waals surface area contributed by atoms with Crippen LogP contribution in [0.5, 0.6) is 0 Å². The highest BCUT2D eigenvalue weighted by atomic mass is 79.9. The topological polar surface area (TPSA) is 0 Å². The van der Waals surface area contributed by atoms with Crippen LogP contribution in [0, 0.1) is 13.8 Å². The summed E-state index contributed by atoms with van der Waals surface area (Å²) in [6.07, 6.45) is 0.994. The zero-order valence-corrected chi connectivity index (χ0v) is 13.6. The van der Waals surface area contributed by atoms with Gasteiger partial charge in [-0.05, 0) is 49.1 Å². The minimum Gasteiger partial charge on any atom is -0.126 e. The van der Waals surface area contributed by atoms with Gasteiger partial charge in [0.15, 0.2) is 0 Å². The summed E-state index contributed by atoms with van der Waals surface area (Å²) in [5.41, 5.74) is 5.34. The highest BCUT2D eigenvalue weighted by Gasteiger charge is 2.13. The molecule has 0 aliphatic heterocycles. The van der Waals surface area contributed by atoms with Gasteiger partial charge in [0, 0.05) is 16.3 Å². The standard InChI is InChI=1S/C17H18BrCl/c1-12-6-7-13(2)15(8-12)9-16(11-19)14-4-3-5-17(18)10-14/h3-8,10,16H,9,11H2,1-2H3. The molecule has 2 heteroatoms. The Labute approximate surface area is 128 Å². The van der Waals surface area contributed by atoms with Gasteiger partial charge in [0.1, 0.15) is 0 Å². The third-order valence-corrected chi connectivity index (χ3v) is 4.34. The minimum absolute atomic E-state index is 0.361. The van der Waals surface area contributed by atoms with Crippen molar-refractivity contribution >= 4 is 27.5 Å². The third kappa shape index (κ3) is 3.84. The summed E-state index contributed by atoms with van der Waals surface area (Å²) in [6, 6.07) is 15.1. The Kier molecular flexibility index (Phi) is 5.06. The second kappa shape index (κ2) is 6.58. The highest BCUT2D eigenvalue weighted by molar-refractivity contribution is 9.10. The molecule has 0 spiro atoms. The molecule has 0 aliphatic carbocycles. The highest BCUT2D eigenvalue weighted by Crippen LogP contribution is 2.26. The van der Waals surface area contributed by atoms with Crippen molar-refractivity contribution in [2.45, 2.75) is 26.2 Å². The molecule has 0 aromatic heterocycles. The van der Waals surface area contributed by atoms with Gasteiger partial charge in [-0.25, -0.2) is 0 Å². The van der Waals surface area contributed by atoms with Crippen molar-refractivity contribution in [2.24, 2.45) is 0 Å². The molecule has 0 N–H and O–H groups in total. The van der Waals surface area contributed by atoms with Gasteiger partial charge >= 0.3 is 0 Å². The number of hydrogen-bond donors (Lipinski definition) is 0. The predicted octanol–water partition coefficient (Wildman–Crippen LogP) is 5.63. The summed E-state index contributed by atoms with van der Waals surface area (Å²) >= 11 is 9.71. The Morgan fingerprint density at radius 3 is 2.58 bits per heavy atom. The average Bonchev–Trinajstić information content (AvgIpc) is 2.39. The van der Waals surface area contributed by atoms with E-state index in [1.165, 1.54) is 22.3 Å². The number of benzene rings is 2. The second-order valence-corrected chi connectivity index (χ2v) is 6.26. The summed E-state index contributed by atoms with van der Waals surface area (Å²) in [5.74, 6) is 1.00. The molecule has 0 nitrogen and oxygen atoms in total. The van der Waals surface area contributed by atoms with Crippen molar-refractivity contribution in [1.29, 1.82) is 0 Å². The van der Waals surface area contributed by atoms with E-state index in [1.54, 1.807) is 0 Å². The van der Waals surface area contributed by atoms with E-state index >= 15 is 0 Å². The monoisotopic (exact) mass is 336 g/mol. The molecule has 2 aromatic rings. The van der Waals surface area contributed by atoms with E-state index in [0.29, 0.717) is 11.8 Å². The largest absolute Gasteiger partial charge is 0.126 e. The summed E-state index contributed by atoms with van der Waals surface area (Å²) in [5, 5.41) is 0. The number of halogens is 2. The number of alkyl halides is 1. The summed E-state index contributed by atoms with van der Waals surface area (Å²) in [4.78, 5) is 0. The lowest BCUT2D eigenvalue weighted by Gasteiger charge is -2.17. The molecule has 0 saturated carbocycles. The van der Waals surface area contributed by atoms with Gasteiger partial charge in [-0.15, -0.1) is 11.6 Å². The van der Waals surface area contributed by atoms with Gasteiger partial charge in [-0.2, -0.15) is 0 Å². The molecular formula is C17H18BrCl. The van der Waals surface area contributed by atoms with Gasteiger partial charge in [0.25, 0.3) is 0 Å². The summed E-state index contributed by atoms with van der Waals surface area (Å²) in [7, 11) is 0. The van der Waals surface area contributed by atoms with E-state index in [2.05, 4.69) is 66.2 Å². The van der Waals surface area contributed by atoms with Gasteiger partial charge < -0.3 is 0 Å². The predicted molar refractivity (Wildman–Crippen MR) is 87.2 cm³/mol. The maximum atomic E-state index is 6.18. The van der Waals surface area contributed by atoms with Gasteiger partial charge in [-0.1, -0.05) is 51.8 Å². The van der Waals surface area contributed by atoms with Crippen molar-refractivity contribution in [3.63, 3.8) is 0 Å². The lowest BCUT2D eigenvalue weighted by atomic mass is 9.91. The quantitative estimate of drug-likeness (QED) is 0.634.